The highest BCUT2D eigenvalue weighted by Gasteiger charge is 2.07. The maximum Gasteiger partial charge on any atom is 0.123 e. The summed E-state index contributed by atoms with van der Waals surface area (Å²) in [4.78, 5) is 4.63. The number of hydrogen-bond donors (Lipinski definition) is 1. The number of aromatic nitrogens is 1. The molecule has 0 saturated heterocycles. The molecule has 3 heteroatoms. The van der Waals surface area contributed by atoms with Gasteiger partial charge in [0.1, 0.15) is 5.01 Å². The number of nitrogens with zero attached hydrogens (tertiary/aromatic N) is 1. The van der Waals surface area contributed by atoms with E-state index in [1.54, 1.807) is 11.3 Å². The van der Waals surface area contributed by atoms with E-state index in [2.05, 4.69) is 47.7 Å². The van der Waals surface area contributed by atoms with E-state index in [-0.39, 0.29) is 0 Å². The van der Waals surface area contributed by atoms with E-state index < -0.39 is 0 Å². The van der Waals surface area contributed by atoms with E-state index in [0.717, 1.165) is 17.2 Å². The molecule has 2 aromatic rings. The molecule has 2 nitrogen and oxygen atoms in total. The zero-order chi connectivity index (χ0) is 11.5. The Morgan fingerprint density at radius 3 is 2.88 bits per heavy atom. The lowest BCUT2D eigenvalue weighted by atomic mass is 10.0. The maximum absolute atomic E-state index is 4.63. The normalized spacial score (nSPS) is 10.7. The molecule has 0 saturated carbocycles. The number of rotatable bonds is 3. The molecule has 0 aliphatic rings. The number of nitrogens with one attached hydrogen (secondary N) is 1. The van der Waals surface area contributed by atoms with Crippen molar-refractivity contribution in [2.75, 3.05) is 7.05 Å². The lowest BCUT2D eigenvalue weighted by Crippen LogP contribution is -2.04. The molecular formula is C13H16N2S. The lowest BCUT2D eigenvalue weighted by molar-refractivity contribution is 0.798. The summed E-state index contributed by atoms with van der Waals surface area (Å²) in [7, 11) is 1.94. The summed E-state index contributed by atoms with van der Waals surface area (Å²) in [6.07, 6.45) is 0. The van der Waals surface area contributed by atoms with E-state index in [9.17, 15) is 0 Å². The summed E-state index contributed by atoms with van der Waals surface area (Å²) in [6, 6.07) is 6.38. The van der Waals surface area contributed by atoms with Crippen LogP contribution in [-0.2, 0) is 6.54 Å². The highest BCUT2D eigenvalue weighted by molar-refractivity contribution is 7.13. The van der Waals surface area contributed by atoms with Gasteiger partial charge in [-0.05, 0) is 32.0 Å². The van der Waals surface area contributed by atoms with Crippen molar-refractivity contribution in [2.45, 2.75) is 20.4 Å². The molecule has 2 rings (SSSR count). The van der Waals surface area contributed by atoms with Crippen molar-refractivity contribution in [1.29, 1.82) is 0 Å². The van der Waals surface area contributed by atoms with E-state index in [1.165, 1.54) is 16.7 Å². The van der Waals surface area contributed by atoms with Crippen LogP contribution in [0.3, 0.4) is 0 Å². The molecule has 84 valence electrons. The van der Waals surface area contributed by atoms with Gasteiger partial charge in [-0.1, -0.05) is 18.2 Å². The van der Waals surface area contributed by atoms with Crippen molar-refractivity contribution >= 4 is 11.3 Å². The number of aryl methyl sites for hydroxylation is 1. The zero-order valence-electron chi connectivity index (χ0n) is 9.87. The molecular weight excluding hydrogens is 216 g/mol. The van der Waals surface area contributed by atoms with E-state index in [4.69, 9.17) is 0 Å². The van der Waals surface area contributed by atoms with Gasteiger partial charge in [0, 0.05) is 17.5 Å². The van der Waals surface area contributed by atoms with Crippen LogP contribution < -0.4 is 5.32 Å². The molecule has 1 aromatic heterocycles. The highest BCUT2D eigenvalue weighted by Crippen LogP contribution is 2.28. The average molecular weight is 232 g/mol. The van der Waals surface area contributed by atoms with Crippen LogP contribution in [0.15, 0.2) is 23.6 Å². The predicted molar refractivity (Wildman–Crippen MR) is 69.8 cm³/mol. The Labute approximate surface area is 100 Å². The number of benzene rings is 1. The zero-order valence-corrected chi connectivity index (χ0v) is 10.7. The first-order valence-corrected chi connectivity index (χ1v) is 6.26. The minimum absolute atomic E-state index is 0.835. The molecule has 0 radical (unpaired) electrons. The van der Waals surface area contributed by atoms with Crippen molar-refractivity contribution in [3.8, 4) is 10.6 Å². The van der Waals surface area contributed by atoms with Crippen LogP contribution in [-0.4, -0.2) is 12.0 Å². The summed E-state index contributed by atoms with van der Waals surface area (Å²) in [5.74, 6) is 0. The van der Waals surface area contributed by atoms with Crippen LogP contribution in [0.5, 0.6) is 0 Å². The molecule has 0 amide bonds. The van der Waals surface area contributed by atoms with Gasteiger partial charge in [0.25, 0.3) is 0 Å². The van der Waals surface area contributed by atoms with Crippen molar-refractivity contribution in [3.05, 3.63) is 40.4 Å². The van der Waals surface area contributed by atoms with Crippen molar-refractivity contribution < 1.29 is 0 Å². The third-order valence-corrected chi connectivity index (χ3v) is 3.67. The van der Waals surface area contributed by atoms with Crippen LogP contribution in [0, 0.1) is 13.8 Å². The second-order valence-electron chi connectivity index (χ2n) is 3.92. The summed E-state index contributed by atoms with van der Waals surface area (Å²) in [6.45, 7) is 5.13. The minimum Gasteiger partial charge on any atom is -0.314 e. The molecule has 1 heterocycles. The first-order valence-electron chi connectivity index (χ1n) is 5.38. The van der Waals surface area contributed by atoms with Crippen LogP contribution in [0.25, 0.3) is 10.6 Å². The van der Waals surface area contributed by atoms with Crippen LogP contribution in [0.4, 0.5) is 0 Å². The molecule has 16 heavy (non-hydrogen) atoms. The molecule has 1 aromatic carbocycles. The van der Waals surface area contributed by atoms with Gasteiger partial charge in [-0.2, -0.15) is 0 Å². The van der Waals surface area contributed by atoms with Crippen LogP contribution in [0.2, 0.25) is 0 Å². The summed E-state index contributed by atoms with van der Waals surface area (Å²) >= 11 is 1.71. The monoisotopic (exact) mass is 232 g/mol. The second-order valence-corrected chi connectivity index (χ2v) is 4.78. The fraction of sp³-hybridized carbons (Fsp3) is 0.308. The van der Waals surface area contributed by atoms with Gasteiger partial charge in [0.15, 0.2) is 0 Å². The fourth-order valence-corrected chi connectivity index (χ4v) is 2.58. The molecule has 0 fully saturated rings. The first-order chi connectivity index (χ1) is 7.72. The lowest BCUT2D eigenvalue weighted by Gasteiger charge is -2.04. The Hall–Kier alpha value is -1.19. The SMILES string of the molecule is CNCc1csc(-c2cccc(C)c2C)n1. The molecule has 0 atom stereocenters. The predicted octanol–water partition coefficient (Wildman–Crippen LogP) is 3.15. The summed E-state index contributed by atoms with van der Waals surface area (Å²) < 4.78 is 0. The van der Waals surface area contributed by atoms with Gasteiger partial charge in [-0.15, -0.1) is 11.3 Å². The summed E-state index contributed by atoms with van der Waals surface area (Å²) in [5, 5.41) is 6.35. The largest absolute Gasteiger partial charge is 0.314 e. The topological polar surface area (TPSA) is 24.9 Å². The Bertz CT molecular complexity index is 488. The van der Waals surface area contributed by atoms with Gasteiger partial charge in [0.2, 0.25) is 0 Å². The van der Waals surface area contributed by atoms with Gasteiger partial charge in [-0.25, -0.2) is 4.98 Å². The van der Waals surface area contributed by atoms with Crippen LogP contribution in [0.1, 0.15) is 16.8 Å². The molecule has 0 bridgehead atoms. The smallest absolute Gasteiger partial charge is 0.123 e. The van der Waals surface area contributed by atoms with Crippen molar-refractivity contribution in [2.24, 2.45) is 0 Å². The molecule has 0 unspecified atom stereocenters. The maximum atomic E-state index is 4.63. The third-order valence-electron chi connectivity index (χ3n) is 2.74. The Kier molecular flexibility index (Phi) is 3.36. The van der Waals surface area contributed by atoms with Gasteiger partial charge in [-0.3, -0.25) is 0 Å². The van der Waals surface area contributed by atoms with Crippen LogP contribution >= 0.6 is 11.3 Å². The van der Waals surface area contributed by atoms with Gasteiger partial charge in [0.05, 0.1) is 5.69 Å². The molecule has 0 aliphatic carbocycles. The second kappa shape index (κ2) is 4.76. The number of thiazole rings is 1. The van der Waals surface area contributed by atoms with Gasteiger partial charge >= 0.3 is 0 Å². The Morgan fingerprint density at radius 1 is 1.31 bits per heavy atom. The first kappa shape index (κ1) is 11.3. The Morgan fingerprint density at radius 2 is 2.12 bits per heavy atom. The third kappa shape index (κ3) is 2.15. The standard InChI is InChI=1S/C13H16N2S/c1-9-5-4-6-12(10(9)2)13-15-11(7-14-3)8-16-13/h4-6,8,14H,7H2,1-3H3. The highest BCUT2D eigenvalue weighted by atomic mass is 32.1. The molecule has 0 aliphatic heterocycles. The quantitative estimate of drug-likeness (QED) is 0.879. The van der Waals surface area contributed by atoms with Gasteiger partial charge < -0.3 is 5.32 Å². The number of hydrogen-bond acceptors (Lipinski definition) is 3. The van der Waals surface area contributed by atoms with E-state index in [1.807, 2.05) is 7.05 Å². The van der Waals surface area contributed by atoms with E-state index >= 15 is 0 Å². The van der Waals surface area contributed by atoms with Crippen molar-refractivity contribution in [3.63, 3.8) is 0 Å². The Balaban J connectivity index is 2.39. The fourth-order valence-electron chi connectivity index (χ4n) is 1.68. The average Bonchev–Trinajstić information content (AvgIpc) is 2.71. The van der Waals surface area contributed by atoms with Crippen molar-refractivity contribution in [1.82, 2.24) is 10.3 Å². The van der Waals surface area contributed by atoms with E-state index in [0.29, 0.717) is 0 Å². The minimum atomic E-state index is 0.835. The molecule has 1 N–H and O–H groups in total. The summed E-state index contributed by atoms with van der Waals surface area (Å²) in [5.41, 5.74) is 5.02. The molecule has 0 spiro atoms.